The molecule has 3 nitrogen and oxygen atoms in total. The van der Waals surface area contributed by atoms with Gasteiger partial charge in [0, 0.05) is 30.1 Å². The monoisotopic (exact) mass is 306 g/mol. The van der Waals surface area contributed by atoms with Crippen LogP contribution in [-0.2, 0) is 11.3 Å². The second-order valence-corrected chi connectivity index (χ2v) is 5.88. The zero-order valence-corrected chi connectivity index (χ0v) is 12.9. The molecular weight excluding hydrogens is 292 g/mol. The largest absolute Gasteiger partial charge is 0.338 e. The summed E-state index contributed by atoms with van der Waals surface area (Å²) in [6.07, 6.45) is 3.26. The van der Waals surface area contributed by atoms with Gasteiger partial charge in [-0.05, 0) is 24.6 Å². The number of halogens is 1. The Morgan fingerprint density at radius 1 is 1.45 bits per heavy atom. The first-order chi connectivity index (χ1) is 9.56. The van der Waals surface area contributed by atoms with E-state index in [0.717, 1.165) is 16.3 Å². The molecule has 0 unspecified atom stereocenters. The molecule has 1 heterocycles. The predicted molar refractivity (Wildman–Crippen MR) is 83.8 cm³/mol. The van der Waals surface area contributed by atoms with Crippen LogP contribution in [0.25, 0.3) is 6.08 Å². The number of benzene rings is 1. The summed E-state index contributed by atoms with van der Waals surface area (Å²) in [6, 6.07) is 7.52. The fraction of sp³-hybridized carbons (Fsp3) is 0.200. The minimum Gasteiger partial charge on any atom is -0.338 e. The maximum absolute atomic E-state index is 12.0. The van der Waals surface area contributed by atoms with E-state index in [1.54, 1.807) is 29.4 Å². The molecule has 2 aromatic rings. The average molecular weight is 307 g/mol. The SMILES string of the molecule is Cc1nc(/C=C/C(=O)N(C)Cc2ccccc2Cl)cs1. The molecule has 2 rings (SSSR count). The van der Waals surface area contributed by atoms with Crippen LogP contribution < -0.4 is 0 Å². The summed E-state index contributed by atoms with van der Waals surface area (Å²) in [5.41, 5.74) is 1.75. The number of amides is 1. The summed E-state index contributed by atoms with van der Waals surface area (Å²) in [6.45, 7) is 2.42. The Morgan fingerprint density at radius 3 is 2.85 bits per heavy atom. The van der Waals surface area contributed by atoms with Crippen molar-refractivity contribution < 1.29 is 4.79 Å². The van der Waals surface area contributed by atoms with Crippen molar-refractivity contribution in [1.82, 2.24) is 9.88 Å². The zero-order valence-electron chi connectivity index (χ0n) is 11.3. The van der Waals surface area contributed by atoms with Crippen molar-refractivity contribution in [3.05, 3.63) is 57.0 Å². The van der Waals surface area contributed by atoms with Gasteiger partial charge in [-0.25, -0.2) is 4.98 Å². The molecule has 0 saturated heterocycles. The van der Waals surface area contributed by atoms with Gasteiger partial charge in [-0.1, -0.05) is 29.8 Å². The third-order valence-corrected chi connectivity index (χ3v) is 3.94. The number of aryl methyl sites for hydroxylation is 1. The van der Waals surface area contributed by atoms with Crippen molar-refractivity contribution >= 4 is 34.9 Å². The molecule has 0 aliphatic heterocycles. The molecule has 104 valence electrons. The molecular formula is C15H15ClN2OS. The predicted octanol–water partition coefficient (Wildman–Crippen LogP) is 3.78. The van der Waals surface area contributed by atoms with Gasteiger partial charge >= 0.3 is 0 Å². The van der Waals surface area contributed by atoms with E-state index >= 15 is 0 Å². The van der Waals surface area contributed by atoms with E-state index in [4.69, 9.17) is 11.6 Å². The standard InChI is InChI=1S/C15H15ClN2OS/c1-11-17-13(10-20-11)7-8-15(19)18(2)9-12-5-3-4-6-14(12)16/h3-8,10H,9H2,1-2H3/b8-7+. The number of likely N-dealkylation sites (N-methyl/N-ethyl adjacent to an activating group) is 1. The maximum Gasteiger partial charge on any atom is 0.246 e. The Labute approximate surface area is 127 Å². The number of rotatable bonds is 4. The molecule has 0 radical (unpaired) electrons. The van der Waals surface area contributed by atoms with Crippen LogP contribution in [0.4, 0.5) is 0 Å². The number of carbonyl (C=O) groups excluding carboxylic acids is 1. The van der Waals surface area contributed by atoms with Crippen molar-refractivity contribution in [2.24, 2.45) is 0 Å². The molecule has 1 amide bonds. The fourth-order valence-electron chi connectivity index (χ4n) is 1.70. The Hall–Kier alpha value is -1.65. The first-order valence-electron chi connectivity index (χ1n) is 6.15. The number of aromatic nitrogens is 1. The lowest BCUT2D eigenvalue weighted by molar-refractivity contribution is -0.125. The van der Waals surface area contributed by atoms with Crippen molar-refractivity contribution in [3.63, 3.8) is 0 Å². The smallest absolute Gasteiger partial charge is 0.246 e. The highest BCUT2D eigenvalue weighted by Gasteiger charge is 2.08. The van der Waals surface area contributed by atoms with Crippen molar-refractivity contribution in [1.29, 1.82) is 0 Å². The molecule has 0 bridgehead atoms. The lowest BCUT2D eigenvalue weighted by atomic mass is 10.2. The summed E-state index contributed by atoms with van der Waals surface area (Å²) in [4.78, 5) is 17.9. The minimum absolute atomic E-state index is 0.0735. The third-order valence-electron chi connectivity index (χ3n) is 2.78. The van der Waals surface area contributed by atoms with Gasteiger partial charge in [0.05, 0.1) is 10.7 Å². The highest BCUT2D eigenvalue weighted by molar-refractivity contribution is 7.09. The Bertz CT molecular complexity index is 636. The van der Waals surface area contributed by atoms with Gasteiger partial charge in [0.1, 0.15) is 0 Å². The third kappa shape index (κ3) is 3.92. The summed E-state index contributed by atoms with van der Waals surface area (Å²) in [5, 5.41) is 3.58. The van der Waals surface area contributed by atoms with Gasteiger partial charge in [0.15, 0.2) is 0 Å². The molecule has 5 heteroatoms. The first kappa shape index (κ1) is 14.8. The topological polar surface area (TPSA) is 33.2 Å². The quantitative estimate of drug-likeness (QED) is 0.805. The molecule has 1 aromatic heterocycles. The highest BCUT2D eigenvalue weighted by atomic mass is 35.5. The molecule has 1 aromatic carbocycles. The fourth-order valence-corrected chi connectivity index (χ4v) is 2.48. The van der Waals surface area contributed by atoms with Gasteiger partial charge in [-0.15, -0.1) is 11.3 Å². The van der Waals surface area contributed by atoms with Gasteiger partial charge in [0.2, 0.25) is 5.91 Å². The van der Waals surface area contributed by atoms with E-state index in [9.17, 15) is 4.79 Å². The van der Waals surface area contributed by atoms with Crippen molar-refractivity contribution in [2.75, 3.05) is 7.05 Å². The second-order valence-electron chi connectivity index (χ2n) is 4.41. The van der Waals surface area contributed by atoms with Gasteiger partial charge in [-0.3, -0.25) is 4.79 Å². The molecule has 20 heavy (non-hydrogen) atoms. The average Bonchev–Trinajstić information content (AvgIpc) is 2.84. The second kappa shape index (κ2) is 6.68. The van der Waals surface area contributed by atoms with Crippen LogP contribution in [0.5, 0.6) is 0 Å². The summed E-state index contributed by atoms with van der Waals surface area (Å²) < 4.78 is 0. The van der Waals surface area contributed by atoms with E-state index in [-0.39, 0.29) is 5.91 Å². The molecule has 0 aliphatic carbocycles. The Balaban J connectivity index is 1.99. The number of hydrogen-bond donors (Lipinski definition) is 0. The van der Waals surface area contributed by atoms with Crippen LogP contribution in [0, 0.1) is 6.92 Å². The zero-order chi connectivity index (χ0) is 14.5. The van der Waals surface area contributed by atoms with Crippen LogP contribution >= 0.6 is 22.9 Å². The highest BCUT2D eigenvalue weighted by Crippen LogP contribution is 2.16. The van der Waals surface area contributed by atoms with E-state index in [2.05, 4.69) is 4.98 Å². The van der Waals surface area contributed by atoms with E-state index in [0.29, 0.717) is 11.6 Å². The maximum atomic E-state index is 12.0. The molecule has 0 spiro atoms. The molecule has 0 aliphatic rings. The van der Waals surface area contributed by atoms with Crippen molar-refractivity contribution in [2.45, 2.75) is 13.5 Å². The van der Waals surface area contributed by atoms with Gasteiger partial charge < -0.3 is 4.90 Å². The summed E-state index contributed by atoms with van der Waals surface area (Å²) >= 11 is 7.65. The van der Waals surface area contributed by atoms with Crippen molar-refractivity contribution in [3.8, 4) is 0 Å². The van der Waals surface area contributed by atoms with E-state index in [1.807, 2.05) is 36.6 Å². The lowest BCUT2D eigenvalue weighted by Gasteiger charge is -2.15. The number of carbonyl (C=O) groups is 1. The normalized spacial score (nSPS) is 10.9. The Morgan fingerprint density at radius 2 is 2.20 bits per heavy atom. The summed E-state index contributed by atoms with van der Waals surface area (Å²) in [7, 11) is 1.75. The lowest BCUT2D eigenvalue weighted by Crippen LogP contribution is -2.24. The van der Waals surface area contributed by atoms with Crippen LogP contribution in [0.15, 0.2) is 35.7 Å². The van der Waals surface area contributed by atoms with Crippen LogP contribution in [-0.4, -0.2) is 22.8 Å². The van der Waals surface area contributed by atoms with E-state index in [1.165, 1.54) is 6.08 Å². The van der Waals surface area contributed by atoms with Crippen LogP contribution in [0.1, 0.15) is 16.3 Å². The summed E-state index contributed by atoms with van der Waals surface area (Å²) in [5.74, 6) is -0.0735. The first-order valence-corrected chi connectivity index (χ1v) is 7.41. The molecule has 0 atom stereocenters. The molecule has 0 N–H and O–H groups in total. The Kier molecular flexibility index (Phi) is 4.93. The number of nitrogens with zero attached hydrogens (tertiary/aromatic N) is 2. The number of thiazole rings is 1. The van der Waals surface area contributed by atoms with Crippen LogP contribution in [0.3, 0.4) is 0 Å². The number of hydrogen-bond acceptors (Lipinski definition) is 3. The van der Waals surface area contributed by atoms with Gasteiger partial charge in [0.25, 0.3) is 0 Å². The molecule has 0 saturated carbocycles. The van der Waals surface area contributed by atoms with Crippen LogP contribution in [0.2, 0.25) is 5.02 Å². The minimum atomic E-state index is -0.0735. The van der Waals surface area contributed by atoms with Gasteiger partial charge in [-0.2, -0.15) is 0 Å². The van der Waals surface area contributed by atoms with E-state index < -0.39 is 0 Å². The molecule has 0 fully saturated rings.